The van der Waals surface area contributed by atoms with E-state index >= 15 is 0 Å². The van der Waals surface area contributed by atoms with Crippen molar-refractivity contribution in [2.45, 2.75) is 52.9 Å². The van der Waals surface area contributed by atoms with Crippen LogP contribution in [0, 0.1) is 13.8 Å². The number of halogens is 7. The second kappa shape index (κ2) is 13.0. The van der Waals surface area contributed by atoms with Gasteiger partial charge in [-0.3, -0.25) is 9.59 Å². The molecule has 212 valence electrons. The van der Waals surface area contributed by atoms with Crippen LogP contribution in [0.4, 0.5) is 26.3 Å². The molecule has 2 rings (SSSR count). The number of carbonyl (C=O) groups excluding carboxylic acids is 2. The lowest BCUT2D eigenvalue weighted by atomic mass is 9.93. The van der Waals surface area contributed by atoms with Gasteiger partial charge < -0.3 is 11.5 Å². The molecule has 0 aromatic heterocycles. The van der Waals surface area contributed by atoms with Gasteiger partial charge in [-0.2, -0.15) is 31.3 Å². The highest BCUT2D eigenvalue weighted by atomic mass is 35.5. The summed E-state index contributed by atoms with van der Waals surface area (Å²) in [4.78, 5) is 26.1. The minimum absolute atomic E-state index is 0.0177. The Morgan fingerprint density at radius 1 is 0.769 bits per heavy atom. The lowest BCUT2D eigenvalue weighted by Gasteiger charge is -2.16. The molecule has 0 atom stereocenters. The maximum Gasteiger partial charge on any atom is 0.417 e. The lowest BCUT2D eigenvalue weighted by Crippen LogP contribution is -2.24. The summed E-state index contributed by atoms with van der Waals surface area (Å²) >= 11 is 5.27. The van der Waals surface area contributed by atoms with E-state index in [1.165, 1.54) is 19.1 Å². The topological polar surface area (TPSA) is 98.5 Å². The molecule has 4 N–H and O–H groups in total. The van der Waals surface area contributed by atoms with E-state index in [1.54, 1.807) is 20.8 Å². The first-order valence-corrected chi connectivity index (χ1v) is 11.8. The third-order valence-corrected chi connectivity index (χ3v) is 5.83. The van der Waals surface area contributed by atoms with Crippen molar-refractivity contribution in [2.24, 2.45) is 16.5 Å². The Morgan fingerprint density at radius 3 is 1.44 bits per heavy atom. The smallest absolute Gasteiger partial charge is 0.370 e. The number of nitrogens with zero attached hydrogens (tertiary/aromatic N) is 1. The van der Waals surface area contributed by atoms with Gasteiger partial charge in [-0.15, -0.1) is 0 Å². The van der Waals surface area contributed by atoms with Gasteiger partial charge in [0.15, 0.2) is 5.96 Å². The molecule has 0 saturated carbocycles. The van der Waals surface area contributed by atoms with Crippen LogP contribution < -0.4 is 11.5 Å². The van der Waals surface area contributed by atoms with Gasteiger partial charge in [0.2, 0.25) is 0 Å². The number of guanidine groups is 1. The van der Waals surface area contributed by atoms with Crippen LogP contribution in [0.3, 0.4) is 0 Å². The quantitative estimate of drug-likeness (QED) is 0.160. The summed E-state index contributed by atoms with van der Waals surface area (Å²) in [5.41, 5.74) is 9.50. The van der Waals surface area contributed by atoms with Crippen LogP contribution in [0.1, 0.15) is 80.8 Å². The highest BCUT2D eigenvalue weighted by Gasteiger charge is 2.36. The second-order valence-corrected chi connectivity index (χ2v) is 8.79. The number of aliphatic imine (C=N–C) groups is 1. The van der Waals surface area contributed by atoms with Crippen molar-refractivity contribution in [1.29, 1.82) is 0 Å². The number of carbonyl (C=O) groups is 2. The van der Waals surface area contributed by atoms with E-state index in [0.717, 1.165) is 12.1 Å². The van der Waals surface area contributed by atoms with Crippen molar-refractivity contribution in [3.63, 3.8) is 0 Å². The molecule has 1 amide bonds. The van der Waals surface area contributed by atoms with Crippen LogP contribution in [-0.2, 0) is 12.4 Å². The van der Waals surface area contributed by atoms with Crippen LogP contribution in [0.2, 0.25) is 0 Å². The summed E-state index contributed by atoms with van der Waals surface area (Å²) in [7, 11) is 0. The highest BCUT2D eigenvalue weighted by Crippen LogP contribution is 2.38. The molecule has 0 bridgehead atoms. The third kappa shape index (κ3) is 8.71. The Hall–Kier alpha value is -3.60. The van der Waals surface area contributed by atoms with Crippen molar-refractivity contribution in [3.05, 3.63) is 81.9 Å². The third-order valence-electron chi connectivity index (χ3n) is 5.63. The normalized spacial score (nSPS) is 11.3. The summed E-state index contributed by atoms with van der Waals surface area (Å²) in [6, 6.07) is 4.15. The number of alkyl halides is 6. The molecular weight excluding hydrogens is 548 g/mol. The summed E-state index contributed by atoms with van der Waals surface area (Å²) in [6.45, 7) is 13.7. The summed E-state index contributed by atoms with van der Waals surface area (Å²) in [5.74, 6) is -1.42. The fourth-order valence-corrected chi connectivity index (χ4v) is 3.67. The molecule has 0 spiro atoms. The Bertz CT molecular complexity index is 1320. The molecule has 5 nitrogen and oxygen atoms in total. The van der Waals surface area contributed by atoms with Gasteiger partial charge >= 0.3 is 12.4 Å². The minimum atomic E-state index is -4.60. The van der Waals surface area contributed by atoms with Crippen molar-refractivity contribution in [2.75, 3.05) is 0 Å². The van der Waals surface area contributed by atoms with Crippen molar-refractivity contribution < 1.29 is 35.9 Å². The lowest BCUT2D eigenvalue weighted by molar-refractivity contribution is -0.138. The van der Waals surface area contributed by atoms with E-state index in [4.69, 9.17) is 23.1 Å². The standard InChI is InChI=1S/C14H16F3N3O.C13H12ClF3O/c1-4-7(2)9-5-8(3)10(12(21)20-13(18)19)6-11(9)14(15,16)17;1-4-7(2)9-5-8(3)10(12(14)18)6-11(9)13(15,16)17/h5-6H,2,4H2,1,3H3,(H4,18,19,20,21);5-6H,2,4H2,1,3H3. The Morgan fingerprint density at radius 2 is 1.13 bits per heavy atom. The molecule has 0 fully saturated rings. The van der Waals surface area contributed by atoms with E-state index in [1.807, 2.05) is 0 Å². The number of hydrogen-bond donors (Lipinski definition) is 2. The monoisotopic (exact) mass is 575 g/mol. The Balaban J connectivity index is 0.000000395. The second-order valence-electron chi connectivity index (χ2n) is 8.45. The number of amides is 1. The fourth-order valence-electron chi connectivity index (χ4n) is 3.47. The molecule has 0 aliphatic carbocycles. The zero-order chi connectivity index (χ0) is 30.5. The van der Waals surface area contributed by atoms with Gasteiger partial charge in [0.1, 0.15) is 0 Å². The Labute approximate surface area is 227 Å². The number of benzene rings is 2. The first-order chi connectivity index (χ1) is 17.8. The van der Waals surface area contributed by atoms with Gasteiger partial charge in [0.25, 0.3) is 11.1 Å². The van der Waals surface area contributed by atoms with Gasteiger partial charge in [-0.25, -0.2) is 0 Å². The largest absolute Gasteiger partial charge is 0.417 e. The Kier molecular flexibility index (Phi) is 11.1. The van der Waals surface area contributed by atoms with Crippen LogP contribution in [-0.4, -0.2) is 17.1 Å². The van der Waals surface area contributed by atoms with E-state index in [9.17, 15) is 35.9 Å². The molecule has 0 aliphatic heterocycles. The van der Waals surface area contributed by atoms with E-state index in [0.29, 0.717) is 35.1 Å². The zero-order valence-corrected chi connectivity index (χ0v) is 22.5. The predicted octanol–water partition coefficient (Wildman–Crippen LogP) is 7.67. The average Bonchev–Trinajstić information content (AvgIpc) is 2.80. The van der Waals surface area contributed by atoms with Gasteiger partial charge in [-0.1, -0.05) is 39.1 Å². The molecule has 2 aromatic rings. The molecule has 12 heteroatoms. The first kappa shape index (κ1) is 33.4. The molecule has 0 heterocycles. The summed E-state index contributed by atoms with van der Waals surface area (Å²) < 4.78 is 78.2. The van der Waals surface area contributed by atoms with Crippen LogP contribution in [0.5, 0.6) is 0 Å². The summed E-state index contributed by atoms with van der Waals surface area (Å²) in [5, 5.41) is -0.897. The molecule has 0 aliphatic rings. The fraction of sp³-hybridized carbons (Fsp3) is 0.296. The van der Waals surface area contributed by atoms with E-state index < -0.39 is 40.6 Å². The highest BCUT2D eigenvalue weighted by molar-refractivity contribution is 6.67. The summed E-state index contributed by atoms with van der Waals surface area (Å²) in [6.07, 6.45) is -8.38. The maximum absolute atomic E-state index is 13.1. The van der Waals surface area contributed by atoms with E-state index in [-0.39, 0.29) is 22.3 Å². The number of aryl methyl sites for hydroxylation is 2. The SMILES string of the molecule is C=C(CC)c1cc(C)c(C(=O)Cl)cc1C(F)(F)F.C=C(CC)c1cc(C)c(C(=O)N=C(N)N)cc1C(F)(F)F. The van der Waals surface area contributed by atoms with Gasteiger partial charge in [-0.05, 0) is 83.8 Å². The molecular formula is C27H28ClF6N3O2. The van der Waals surface area contributed by atoms with Crippen LogP contribution in [0.25, 0.3) is 11.1 Å². The number of hydrogen-bond acceptors (Lipinski definition) is 2. The van der Waals surface area contributed by atoms with Gasteiger partial charge in [0, 0.05) is 11.1 Å². The van der Waals surface area contributed by atoms with Gasteiger partial charge in [0.05, 0.1) is 11.1 Å². The van der Waals surface area contributed by atoms with Crippen molar-refractivity contribution in [3.8, 4) is 0 Å². The predicted molar refractivity (Wildman–Crippen MR) is 141 cm³/mol. The molecule has 0 saturated heterocycles. The molecule has 0 unspecified atom stereocenters. The van der Waals surface area contributed by atoms with Crippen molar-refractivity contribution in [1.82, 2.24) is 0 Å². The minimum Gasteiger partial charge on any atom is -0.370 e. The number of allylic oxidation sites excluding steroid dienone is 2. The molecule has 0 radical (unpaired) electrons. The van der Waals surface area contributed by atoms with Crippen LogP contribution in [0.15, 0.2) is 42.4 Å². The molecule has 2 aromatic carbocycles. The van der Waals surface area contributed by atoms with Crippen molar-refractivity contribution >= 4 is 39.9 Å². The van der Waals surface area contributed by atoms with Crippen LogP contribution >= 0.6 is 11.6 Å². The maximum atomic E-state index is 13.1. The number of nitrogens with two attached hydrogens (primary N) is 2. The molecule has 39 heavy (non-hydrogen) atoms. The first-order valence-electron chi connectivity index (χ1n) is 11.4. The average molecular weight is 576 g/mol. The van der Waals surface area contributed by atoms with E-state index in [2.05, 4.69) is 18.2 Å². The number of rotatable bonds is 6. The zero-order valence-electron chi connectivity index (χ0n) is 21.7.